The van der Waals surface area contributed by atoms with Gasteiger partial charge in [-0.1, -0.05) is 0 Å². The highest BCUT2D eigenvalue weighted by molar-refractivity contribution is 5.73. The molecular weight excluding hydrogens is 820 g/mol. The maximum absolute atomic E-state index is 12.4. The largest absolute Gasteiger partial charge is 0.394 e. The van der Waals surface area contributed by atoms with Gasteiger partial charge in [-0.15, -0.1) is 0 Å². The minimum atomic E-state index is -2.07. The molecule has 0 aromatic carbocycles. The number of aliphatic hydroxyl groups excluding tert-OH is 13. The van der Waals surface area contributed by atoms with E-state index in [1.54, 1.807) is 0 Å². The number of rotatable bonds is 13. The lowest BCUT2D eigenvalue weighted by Gasteiger charge is -2.50. The SMILES string of the molecule is CC(=O)N[C@@H]1[C@H](O[C@H]2[C@H](O)[C@@H](O)[C@@H](O[C@@H]3[C@@H](O)[C@H](C)O[C@@H](O[C@H]4[C@H](O)[C@@H](O)[C@@H](O)O[C@@H]4CO)[C@H]3NC(C)=O)O[C@@H]2CO)O[C@@H](C)[C@H](O)[C@H]1O[C@H]1O[C@H](CO)[C@@H](O)[C@H](O)[C@H]1O. The number of nitrogens with one attached hydrogen (secondary N) is 2. The average molecular weight is 879 g/mol. The second-order valence-electron chi connectivity index (χ2n) is 15.4. The summed E-state index contributed by atoms with van der Waals surface area (Å²) in [6.45, 7) is 2.37. The van der Waals surface area contributed by atoms with Crippen molar-refractivity contribution in [2.24, 2.45) is 0 Å². The van der Waals surface area contributed by atoms with E-state index in [0.29, 0.717) is 0 Å². The third-order valence-electron chi connectivity index (χ3n) is 11.0. The van der Waals surface area contributed by atoms with Gasteiger partial charge >= 0.3 is 0 Å². The van der Waals surface area contributed by atoms with Crippen LogP contribution in [0.5, 0.6) is 0 Å². The molecule has 0 aromatic rings. The van der Waals surface area contributed by atoms with Crippen LogP contribution in [0.15, 0.2) is 0 Å². The maximum Gasteiger partial charge on any atom is 0.217 e. The van der Waals surface area contributed by atoms with Crippen molar-refractivity contribution in [1.82, 2.24) is 10.6 Å². The molecule has 0 aliphatic carbocycles. The third-order valence-corrected chi connectivity index (χ3v) is 11.0. The highest BCUT2D eigenvalue weighted by Gasteiger charge is 2.56. The summed E-state index contributed by atoms with van der Waals surface area (Å²) in [6.07, 6.45) is -38.8. The average Bonchev–Trinajstić information content (AvgIpc) is 3.20. The number of aliphatic hydroxyl groups is 13. The number of hydrogen-bond acceptors (Lipinski definition) is 24. The van der Waals surface area contributed by atoms with Gasteiger partial charge in [0.15, 0.2) is 31.5 Å². The molecule has 5 fully saturated rings. The van der Waals surface area contributed by atoms with Gasteiger partial charge in [0.2, 0.25) is 11.8 Å². The Morgan fingerprint density at radius 1 is 0.433 bits per heavy atom. The Kier molecular flexibility index (Phi) is 16.9. The molecule has 26 nitrogen and oxygen atoms in total. The van der Waals surface area contributed by atoms with E-state index in [0.717, 1.165) is 13.8 Å². The molecule has 0 radical (unpaired) electrons. The number of carbonyl (C=O) groups excluding carboxylic acids is 2. The van der Waals surface area contributed by atoms with E-state index < -0.39 is 185 Å². The van der Waals surface area contributed by atoms with Crippen LogP contribution in [0.25, 0.3) is 0 Å². The van der Waals surface area contributed by atoms with Crippen LogP contribution in [0, 0.1) is 0 Å². The van der Waals surface area contributed by atoms with Crippen LogP contribution in [-0.2, 0) is 52.2 Å². The molecule has 5 heterocycles. The van der Waals surface area contributed by atoms with Crippen LogP contribution in [0.1, 0.15) is 27.7 Å². The molecule has 15 N–H and O–H groups in total. The standard InChI is InChI=1S/C34H58N2O24/c1-8-17(42)28(59-33-24(49)20(45)19(44)12(5-37)55-33)15(35-10(3)40)32(53-8)58-27-14(7-39)56-34(25(50)22(27)47)60-29-16(36-11(4)41)31(52-9(2)18(29)43)57-26-13(6-38)54-30(51)23(48)21(26)46/h8-9,12-34,37-39,42-51H,5-7H2,1-4H3,(H,35,40)(H,36,41)/t8-,9-,12+,13+,14+,15-,16-,17-,18-,19+,20-,21+,22+,23+,24+,25+,26+,27+,28-,29-,30-,31-,32-,33+,34+/m0/s1. The van der Waals surface area contributed by atoms with Gasteiger partial charge in [0.1, 0.15) is 110 Å². The van der Waals surface area contributed by atoms with Crippen LogP contribution < -0.4 is 10.6 Å². The molecule has 5 aliphatic rings. The smallest absolute Gasteiger partial charge is 0.217 e. The fourth-order valence-electron chi connectivity index (χ4n) is 7.72. The second-order valence-corrected chi connectivity index (χ2v) is 15.4. The van der Waals surface area contributed by atoms with Gasteiger partial charge in [-0.3, -0.25) is 9.59 Å². The molecule has 0 aromatic heterocycles. The topological polar surface area (TPSA) is 404 Å². The Bertz CT molecular complexity index is 1400. The van der Waals surface area contributed by atoms with Crippen LogP contribution in [0.3, 0.4) is 0 Å². The van der Waals surface area contributed by atoms with Crippen LogP contribution in [0.2, 0.25) is 0 Å². The van der Waals surface area contributed by atoms with E-state index in [-0.39, 0.29) is 0 Å². The summed E-state index contributed by atoms with van der Waals surface area (Å²) in [7, 11) is 0. The summed E-state index contributed by atoms with van der Waals surface area (Å²) in [5, 5.41) is 142. The third kappa shape index (κ3) is 10.4. The molecule has 0 unspecified atom stereocenters. The molecule has 60 heavy (non-hydrogen) atoms. The van der Waals surface area contributed by atoms with Crippen LogP contribution in [-0.4, -0.2) is 251 Å². The molecule has 5 saturated heterocycles. The minimum Gasteiger partial charge on any atom is -0.394 e. The molecule has 25 atom stereocenters. The summed E-state index contributed by atoms with van der Waals surface area (Å²) >= 11 is 0. The van der Waals surface area contributed by atoms with Crippen molar-refractivity contribution >= 4 is 11.8 Å². The first-order valence-electron chi connectivity index (χ1n) is 19.3. The van der Waals surface area contributed by atoms with Gasteiger partial charge in [-0.25, -0.2) is 0 Å². The fraction of sp³-hybridized carbons (Fsp3) is 0.941. The van der Waals surface area contributed by atoms with Crippen molar-refractivity contribution < 1.29 is 119 Å². The zero-order valence-corrected chi connectivity index (χ0v) is 32.9. The number of ether oxygens (including phenoxy) is 9. The monoisotopic (exact) mass is 878 g/mol. The van der Waals surface area contributed by atoms with Crippen LogP contribution in [0.4, 0.5) is 0 Å². The van der Waals surface area contributed by atoms with E-state index in [9.17, 15) is 76.0 Å². The van der Waals surface area contributed by atoms with E-state index in [2.05, 4.69) is 10.6 Å². The Balaban J connectivity index is 1.36. The Hall–Kier alpha value is -1.94. The molecule has 26 heteroatoms. The molecule has 0 bridgehead atoms. The summed E-state index contributed by atoms with van der Waals surface area (Å²) in [4.78, 5) is 24.8. The van der Waals surface area contributed by atoms with Crippen molar-refractivity contribution in [3.05, 3.63) is 0 Å². The van der Waals surface area contributed by atoms with Gasteiger partial charge < -0.3 is 120 Å². The van der Waals surface area contributed by atoms with Crippen molar-refractivity contribution in [3.63, 3.8) is 0 Å². The maximum atomic E-state index is 12.4. The van der Waals surface area contributed by atoms with Crippen molar-refractivity contribution in [3.8, 4) is 0 Å². The molecule has 2 amide bonds. The molecule has 5 aliphatic heterocycles. The number of hydrogen-bond donors (Lipinski definition) is 15. The first-order valence-corrected chi connectivity index (χ1v) is 19.3. The normalized spacial score (nSPS) is 50.2. The van der Waals surface area contributed by atoms with Gasteiger partial charge in [-0.2, -0.15) is 0 Å². The summed E-state index contributed by atoms with van der Waals surface area (Å²) < 4.78 is 51.7. The Labute approximate surface area is 342 Å². The summed E-state index contributed by atoms with van der Waals surface area (Å²) in [5.74, 6) is -1.44. The Morgan fingerprint density at radius 2 is 0.800 bits per heavy atom. The van der Waals surface area contributed by atoms with E-state index in [1.165, 1.54) is 13.8 Å². The van der Waals surface area contributed by atoms with E-state index in [1.807, 2.05) is 0 Å². The predicted molar refractivity (Wildman–Crippen MR) is 187 cm³/mol. The van der Waals surface area contributed by atoms with Crippen molar-refractivity contribution in [1.29, 1.82) is 0 Å². The molecule has 348 valence electrons. The van der Waals surface area contributed by atoms with Gasteiger partial charge in [0.05, 0.1) is 32.0 Å². The fourth-order valence-corrected chi connectivity index (χ4v) is 7.72. The van der Waals surface area contributed by atoms with Crippen molar-refractivity contribution in [2.75, 3.05) is 19.8 Å². The van der Waals surface area contributed by atoms with E-state index in [4.69, 9.17) is 42.6 Å². The predicted octanol–water partition coefficient (Wildman–Crippen LogP) is -9.58. The number of amides is 2. The minimum absolute atomic E-state index is 0.719. The van der Waals surface area contributed by atoms with E-state index >= 15 is 0 Å². The second kappa shape index (κ2) is 20.7. The quantitative estimate of drug-likeness (QED) is 0.0817. The lowest BCUT2D eigenvalue weighted by atomic mass is 9.94. The van der Waals surface area contributed by atoms with Crippen LogP contribution >= 0.6 is 0 Å². The molecular formula is C34H58N2O24. The molecule has 0 saturated carbocycles. The molecule has 0 spiro atoms. The zero-order chi connectivity index (χ0) is 44.5. The molecule has 5 rings (SSSR count). The van der Waals surface area contributed by atoms with Crippen molar-refractivity contribution in [2.45, 2.75) is 181 Å². The lowest BCUT2D eigenvalue weighted by molar-refractivity contribution is -0.376. The van der Waals surface area contributed by atoms with Gasteiger partial charge in [0, 0.05) is 13.8 Å². The highest BCUT2D eigenvalue weighted by Crippen LogP contribution is 2.35. The first-order chi connectivity index (χ1) is 28.2. The Morgan fingerprint density at radius 3 is 1.22 bits per heavy atom. The lowest BCUT2D eigenvalue weighted by Crippen LogP contribution is -2.70. The highest BCUT2D eigenvalue weighted by atomic mass is 16.8. The van der Waals surface area contributed by atoms with Gasteiger partial charge in [0.25, 0.3) is 0 Å². The summed E-state index contributed by atoms with van der Waals surface area (Å²) in [5.41, 5.74) is 0. The number of carbonyl (C=O) groups is 2. The summed E-state index contributed by atoms with van der Waals surface area (Å²) in [6, 6.07) is -3.03. The zero-order valence-electron chi connectivity index (χ0n) is 32.9. The first kappa shape index (κ1) is 49.1. The van der Waals surface area contributed by atoms with Gasteiger partial charge in [-0.05, 0) is 13.8 Å².